The smallest absolute Gasteiger partial charge is 0.187 e. The summed E-state index contributed by atoms with van der Waals surface area (Å²) in [6.45, 7) is 10.1. The zero-order valence-electron chi connectivity index (χ0n) is 28.9. The molecule has 0 radical (unpaired) electrons. The van der Waals surface area contributed by atoms with Gasteiger partial charge in [0.2, 0.25) is 0 Å². The van der Waals surface area contributed by atoms with Gasteiger partial charge in [-0.2, -0.15) is 0 Å². The Balaban J connectivity index is 1.59. The van der Waals surface area contributed by atoms with Gasteiger partial charge in [-0.3, -0.25) is 4.99 Å². The molecule has 276 valence electrons. The molecule has 48 heavy (non-hydrogen) atoms. The predicted molar refractivity (Wildman–Crippen MR) is 181 cm³/mol. The van der Waals surface area contributed by atoms with Crippen LogP contribution < -0.4 is 17.2 Å². The second-order valence-corrected chi connectivity index (χ2v) is 13.7. The Morgan fingerprint density at radius 3 is 1.88 bits per heavy atom. The normalized spacial score (nSPS) is 41.5. The van der Waals surface area contributed by atoms with Crippen molar-refractivity contribution in [3.8, 4) is 0 Å². The largest absolute Gasteiger partial charge is 0.389 e. The van der Waals surface area contributed by atoms with Gasteiger partial charge in [-0.15, -0.1) is 0 Å². The van der Waals surface area contributed by atoms with Crippen molar-refractivity contribution >= 4 is 6.21 Å². The van der Waals surface area contributed by atoms with Crippen molar-refractivity contribution in [2.24, 2.45) is 22.2 Å². The van der Waals surface area contributed by atoms with Crippen molar-refractivity contribution in [2.75, 3.05) is 6.54 Å². The van der Waals surface area contributed by atoms with E-state index in [1.807, 2.05) is 13.0 Å². The molecule has 1 aliphatic carbocycles. The molecular weight excluding hydrogens is 624 g/mol. The lowest BCUT2D eigenvalue weighted by molar-refractivity contribution is -0.331. The van der Waals surface area contributed by atoms with Crippen molar-refractivity contribution in [1.29, 1.82) is 0 Å². The van der Waals surface area contributed by atoms with Crippen molar-refractivity contribution in [1.82, 2.24) is 0 Å². The van der Waals surface area contributed by atoms with E-state index < -0.39 is 91.7 Å². The lowest BCUT2D eigenvalue weighted by atomic mass is 9.84. The Morgan fingerprint density at radius 1 is 0.708 bits per heavy atom. The number of allylic oxidation sites excluding steroid dienone is 6. The van der Waals surface area contributed by atoms with Crippen molar-refractivity contribution < 1.29 is 49.6 Å². The predicted octanol–water partition coefficient (Wildman–Crippen LogP) is -0.342. The quantitative estimate of drug-likeness (QED) is 0.0840. The third-order valence-corrected chi connectivity index (χ3v) is 9.34. The Bertz CT molecular complexity index is 1120. The van der Waals surface area contributed by atoms with Gasteiger partial charge < -0.3 is 66.8 Å². The van der Waals surface area contributed by atoms with Gasteiger partial charge in [0.15, 0.2) is 12.6 Å². The number of nitrogens with two attached hydrogens (primary N) is 3. The summed E-state index contributed by atoms with van der Waals surface area (Å²) in [5.41, 5.74) is 22.4. The molecule has 3 rings (SSSR count). The number of hydrogen-bond acceptors (Lipinski definition) is 14. The minimum Gasteiger partial charge on any atom is -0.389 e. The molecule has 3 fully saturated rings. The SMILES string of the molecule is CCC1OC(OC2C(N)CC(N)C(OC3OC(C/N=C/C=C(\C)CC/C=C(\C)CCC=C(C)C)C(O)C(O)C3O)C2O)C(O)C(N)C1O. The lowest BCUT2D eigenvalue weighted by Gasteiger charge is -2.48. The summed E-state index contributed by atoms with van der Waals surface area (Å²) < 4.78 is 23.4. The van der Waals surface area contributed by atoms with Gasteiger partial charge in [0.05, 0.1) is 24.8 Å². The van der Waals surface area contributed by atoms with Crippen molar-refractivity contribution in [3.63, 3.8) is 0 Å². The topological polar surface area (TPSA) is 249 Å². The zero-order chi connectivity index (χ0) is 35.7. The Hall–Kier alpha value is -1.63. The van der Waals surface area contributed by atoms with E-state index in [1.54, 1.807) is 13.1 Å². The highest BCUT2D eigenvalue weighted by Crippen LogP contribution is 2.32. The van der Waals surface area contributed by atoms with Gasteiger partial charge in [0, 0.05) is 18.3 Å². The third-order valence-electron chi connectivity index (χ3n) is 9.34. The number of hydrogen-bond donors (Lipinski definition) is 9. The summed E-state index contributed by atoms with van der Waals surface area (Å²) >= 11 is 0. The number of nitrogens with zero attached hydrogens (tertiary/aromatic N) is 1. The molecule has 0 aromatic carbocycles. The van der Waals surface area contributed by atoms with Crippen LogP contribution in [0, 0.1) is 0 Å². The summed E-state index contributed by atoms with van der Waals surface area (Å²) in [7, 11) is 0. The number of aliphatic hydroxyl groups excluding tert-OH is 6. The first kappa shape index (κ1) is 40.8. The minimum atomic E-state index is -1.66. The molecule has 0 spiro atoms. The molecule has 0 aromatic heterocycles. The van der Waals surface area contributed by atoms with Crippen LogP contribution in [0.1, 0.15) is 73.1 Å². The maximum atomic E-state index is 11.3. The second kappa shape index (κ2) is 19.1. The summed E-state index contributed by atoms with van der Waals surface area (Å²) in [6.07, 6.45) is -3.16. The summed E-state index contributed by atoms with van der Waals surface area (Å²) in [4.78, 5) is 4.34. The molecule has 15 unspecified atom stereocenters. The number of aliphatic hydroxyl groups is 6. The van der Waals surface area contributed by atoms with Gasteiger partial charge in [-0.05, 0) is 72.3 Å². The van der Waals surface area contributed by atoms with Gasteiger partial charge in [-0.1, -0.05) is 35.8 Å². The maximum absolute atomic E-state index is 11.3. The van der Waals surface area contributed by atoms with Gasteiger partial charge in [0.1, 0.15) is 48.8 Å². The highest BCUT2D eigenvalue weighted by atomic mass is 16.7. The summed E-state index contributed by atoms with van der Waals surface area (Å²) in [6, 6.07) is -2.66. The molecule has 12 N–H and O–H groups in total. The van der Waals surface area contributed by atoms with E-state index in [-0.39, 0.29) is 13.0 Å². The van der Waals surface area contributed by atoms with Crippen LogP contribution >= 0.6 is 0 Å². The average molecular weight is 685 g/mol. The van der Waals surface area contributed by atoms with E-state index in [4.69, 9.17) is 36.1 Å². The first-order chi connectivity index (χ1) is 22.7. The summed E-state index contributed by atoms with van der Waals surface area (Å²) in [5.74, 6) is 0. The minimum absolute atomic E-state index is 0.0323. The first-order valence-electron chi connectivity index (χ1n) is 17.1. The Morgan fingerprint density at radius 2 is 1.27 bits per heavy atom. The molecule has 0 amide bonds. The van der Waals surface area contributed by atoms with Crippen LogP contribution in [-0.2, 0) is 18.9 Å². The van der Waals surface area contributed by atoms with E-state index in [2.05, 4.69) is 37.9 Å². The van der Waals surface area contributed by atoms with Crippen molar-refractivity contribution in [3.05, 3.63) is 34.9 Å². The number of aliphatic imine (C=N–C) groups is 1. The van der Waals surface area contributed by atoms with E-state index >= 15 is 0 Å². The van der Waals surface area contributed by atoms with Crippen LogP contribution in [0.4, 0.5) is 0 Å². The molecule has 0 aromatic rings. The summed E-state index contributed by atoms with van der Waals surface area (Å²) in [5, 5.41) is 64.1. The van der Waals surface area contributed by atoms with Crippen LogP contribution in [0.15, 0.2) is 39.9 Å². The van der Waals surface area contributed by atoms with Crippen LogP contribution in [0.25, 0.3) is 0 Å². The highest BCUT2D eigenvalue weighted by molar-refractivity contribution is 5.72. The van der Waals surface area contributed by atoms with Crippen LogP contribution in [0.5, 0.6) is 0 Å². The highest BCUT2D eigenvalue weighted by Gasteiger charge is 2.51. The Kier molecular flexibility index (Phi) is 16.2. The molecule has 1 saturated carbocycles. The fourth-order valence-corrected chi connectivity index (χ4v) is 6.21. The van der Waals surface area contributed by atoms with E-state index in [0.29, 0.717) is 6.42 Å². The molecule has 14 nitrogen and oxygen atoms in total. The number of ether oxygens (including phenoxy) is 4. The second-order valence-electron chi connectivity index (χ2n) is 13.7. The molecule has 2 aliphatic heterocycles. The van der Waals surface area contributed by atoms with Gasteiger partial charge in [-0.25, -0.2) is 0 Å². The number of rotatable bonds is 14. The van der Waals surface area contributed by atoms with Crippen LogP contribution in [-0.4, -0.2) is 135 Å². The molecule has 14 heteroatoms. The lowest BCUT2D eigenvalue weighted by Crippen LogP contribution is -2.68. The van der Waals surface area contributed by atoms with E-state index in [1.165, 1.54) is 11.1 Å². The van der Waals surface area contributed by atoms with E-state index in [0.717, 1.165) is 31.3 Å². The maximum Gasteiger partial charge on any atom is 0.187 e. The first-order valence-corrected chi connectivity index (χ1v) is 17.1. The zero-order valence-corrected chi connectivity index (χ0v) is 28.9. The van der Waals surface area contributed by atoms with Crippen molar-refractivity contribution in [2.45, 2.75) is 165 Å². The Labute approximate surface area is 284 Å². The molecule has 2 heterocycles. The molecule has 2 saturated heterocycles. The average Bonchev–Trinajstić information content (AvgIpc) is 3.03. The molecular formula is C34H60N4O10. The van der Waals surface area contributed by atoms with Crippen LogP contribution in [0.2, 0.25) is 0 Å². The van der Waals surface area contributed by atoms with E-state index in [9.17, 15) is 30.6 Å². The van der Waals surface area contributed by atoms with Gasteiger partial charge >= 0.3 is 0 Å². The molecule has 3 aliphatic rings. The third kappa shape index (κ3) is 10.9. The molecule has 15 atom stereocenters. The fourth-order valence-electron chi connectivity index (χ4n) is 6.21. The monoisotopic (exact) mass is 684 g/mol. The standard InChI is InChI=1S/C34H60N4O10/c1-6-22-25(39)24(37)27(41)33(45-22)47-31-20(35)15-21(36)32(30(31)44)48-34-29(43)28(42)26(40)23(46-34)16-38-14-13-19(5)12-8-11-18(4)10-7-9-17(2)3/h9,11,13-14,20-34,39-44H,6-8,10,12,15-16,35-37H2,1-5H3/b18-11+,19-13+,38-14+. The van der Waals surface area contributed by atoms with Gasteiger partial charge in [0.25, 0.3) is 0 Å². The molecule has 0 bridgehead atoms. The van der Waals surface area contributed by atoms with Crippen LogP contribution in [0.3, 0.4) is 0 Å². The fraction of sp³-hybridized carbons (Fsp3) is 0.794.